The lowest BCUT2D eigenvalue weighted by Crippen LogP contribution is -2.26. The Labute approximate surface area is 150 Å². The van der Waals surface area contributed by atoms with E-state index in [1.165, 1.54) is 17.4 Å². The second-order valence-corrected chi connectivity index (χ2v) is 7.34. The Morgan fingerprint density at radius 3 is 2.50 bits per heavy atom. The highest BCUT2D eigenvalue weighted by Gasteiger charge is 2.28. The zero-order valence-corrected chi connectivity index (χ0v) is 15.2. The molecule has 3 rings (SSSR count). The molecule has 0 atom stereocenters. The van der Waals surface area contributed by atoms with Crippen molar-refractivity contribution in [3.8, 4) is 17.7 Å². The van der Waals surface area contributed by atoms with Crippen molar-refractivity contribution in [2.75, 3.05) is 23.7 Å². The summed E-state index contributed by atoms with van der Waals surface area (Å²) in [4.78, 5) is 4.02. The normalized spacial score (nSPS) is 11.2. The SMILES string of the molecule is CNc1oc(-c2cc(S(=O)(=O)N(C)c3ccccc3)c(C)o2)nc1C#N. The number of benzene rings is 1. The van der Waals surface area contributed by atoms with Gasteiger partial charge in [-0.25, -0.2) is 8.42 Å². The van der Waals surface area contributed by atoms with E-state index in [4.69, 9.17) is 14.1 Å². The van der Waals surface area contributed by atoms with Gasteiger partial charge in [-0.05, 0) is 19.1 Å². The smallest absolute Gasteiger partial charge is 0.267 e. The molecule has 0 fully saturated rings. The first-order chi connectivity index (χ1) is 12.4. The maximum atomic E-state index is 12.9. The van der Waals surface area contributed by atoms with Gasteiger partial charge in [0.15, 0.2) is 5.76 Å². The first kappa shape index (κ1) is 17.6. The topological polar surface area (TPSA) is 112 Å². The molecule has 0 saturated carbocycles. The predicted octanol–water partition coefficient (Wildman–Crippen LogP) is 2.98. The maximum Gasteiger partial charge on any atom is 0.267 e. The fraction of sp³-hybridized carbons (Fsp3) is 0.176. The number of rotatable bonds is 5. The van der Waals surface area contributed by atoms with Gasteiger partial charge in [0.05, 0.1) is 5.69 Å². The van der Waals surface area contributed by atoms with Gasteiger partial charge in [0, 0.05) is 20.2 Å². The molecule has 2 aromatic heterocycles. The first-order valence-electron chi connectivity index (χ1n) is 7.62. The van der Waals surface area contributed by atoms with Gasteiger partial charge in [0.2, 0.25) is 11.6 Å². The molecule has 3 aromatic rings. The Morgan fingerprint density at radius 2 is 1.92 bits per heavy atom. The molecular weight excluding hydrogens is 356 g/mol. The van der Waals surface area contributed by atoms with E-state index in [2.05, 4.69) is 10.3 Å². The second-order valence-electron chi connectivity index (χ2n) is 5.40. The van der Waals surface area contributed by atoms with Crippen molar-refractivity contribution in [3.05, 3.63) is 47.9 Å². The molecule has 134 valence electrons. The Balaban J connectivity index is 2.03. The molecule has 0 unspecified atom stereocenters. The summed E-state index contributed by atoms with van der Waals surface area (Å²) < 4.78 is 38.0. The second kappa shape index (κ2) is 6.57. The molecular formula is C17H16N4O4S. The molecule has 2 heterocycles. The monoisotopic (exact) mass is 372 g/mol. The van der Waals surface area contributed by atoms with Crippen LogP contribution in [0.1, 0.15) is 11.5 Å². The molecule has 0 aliphatic carbocycles. The molecule has 1 aromatic carbocycles. The molecule has 0 aliphatic heterocycles. The number of aryl methyl sites for hydroxylation is 1. The van der Waals surface area contributed by atoms with Crippen LogP contribution in [0.2, 0.25) is 0 Å². The van der Waals surface area contributed by atoms with Gasteiger partial charge in [-0.1, -0.05) is 18.2 Å². The van der Waals surface area contributed by atoms with Crippen LogP contribution in [-0.2, 0) is 10.0 Å². The van der Waals surface area contributed by atoms with Crippen LogP contribution in [0, 0.1) is 18.3 Å². The summed E-state index contributed by atoms with van der Waals surface area (Å²) in [6.07, 6.45) is 0. The van der Waals surface area contributed by atoms with Crippen molar-refractivity contribution in [1.29, 1.82) is 5.26 Å². The quantitative estimate of drug-likeness (QED) is 0.732. The number of nitrogens with zero attached hydrogens (tertiary/aromatic N) is 3. The molecule has 0 spiro atoms. The lowest BCUT2D eigenvalue weighted by atomic mass is 10.3. The van der Waals surface area contributed by atoms with Crippen LogP contribution in [0.5, 0.6) is 0 Å². The van der Waals surface area contributed by atoms with Crippen LogP contribution in [0.15, 0.2) is 50.1 Å². The standard InChI is InChI=1S/C17H16N4O4S/c1-11-15(26(22,23)21(3)12-7-5-4-6-8-12)9-14(24-11)17-20-13(10-18)16(19-2)25-17/h4-9,19H,1-3H3. The predicted molar refractivity (Wildman–Crippen MR) is 95.2 cm³/mol. The number of hydrogen-bond donors (Lipinski definition) is 1. The van der Waals surface area contributed by atoms with Crippen molar-refractivity contribution in [1.82, 2.24) is 4.98 Å². The molecule has 0 amide bonds. The van der Waals surface area contributed by atoms with E-state index >= 15 is 0 Å². The number of aromatic nitrogens is 1. The lowest BCUT2D eigenvalue weighted by molar-refractivity contribution is 0.500. The average molecular weight is 372 g/mol. The molecule has 1 N–H and O–H groups in total. The van der Waals surface area contributed by atoms with Gasteiger partial charge in [-0.15, -0.1) is 0 Å². The Hall–Kier alpha value is -3.25. The van der Waals surface area contributed by atoms with Crippen molar-refractivity contribution in [2.24, 2.45) is 0 Å². The Kier molecular flexibility index (Phi) is 4.44. The van der Waals surface area contributed by atoms with Gasteiger partial charge in [-0.2, -0.15) is 10.2 Å². The summed E-state index contributed by atoms with van der Waals surface area (Å²) in [5, 5.41) is 11.8. The van der Waals surface area contributed by atoms with Crippen LogP contribution < -0.4 is 9.62 Å². The molecule has 8 nitrogen and oxygen atoms in total. The van der Waals surface area contributed by atoms with E-state index in [1.807, 2.05) is 6.07 Å². The minimum atomic E-state index is -3.83. The highest BCUT2D eigenvalue weighted by molar-refractivity contribution is 7.92. The molecule has 0 saturated heterocycles. The van der Waals surface area contributed by atoms with Crippen molar-refractivity contribution >= 4 is 21.6 Å². The fourth-order valence-corrected chi connectivity index (χ4v) is 3.78. The number of anilines is 2. The van der Waals surface area contributed by atoms with Gasteiger partial charge < -0.3 is 14.2 Å². The van der Waals surface area contributed by atoms with Crippen LogP contribution in [-0.4, -0.2) is 27.5 Å². The maximum absolute atomic E-state index is 12.9. The van der Waals surface area contributed by atoms with Crippen LogP contribution in [0.3, 0.4) is 0 Å². The third-order valence-electron chi connectivity index (χ3n) is 3.80. The summed E-state index contributed by atoms with van der Waals surface area (Å²) in [7, 11) is -0.781. The molecule has 0 aliphatic rings. The highest BCUT2D eigenvalue weighted by atomic mass is 32.2. The third kappa shape index (κ3) is 2.91. The summed E-state index contributed by atoms with van der Waals surface area (Å²) in [5.74, 6) is 0.534. The average Bonchev–Trinajstić information content (AvgIpc) is 3.25. The summed E-state index contributed by atoms with van der Waals surface area (Å²) in [6.45, 7) is 1.54. The van der Waals surface area contributed by atoms with E-state index < -0.39 is 10.0 Å². The number of hydrogen-bond acceptors (Lipinski definition) is 7. The van der Waals surface area contributed by atoms with Crippen molar-refractivity contribution in [2.45, 2.75) is 11.8 Å². The summed E-state index contributed by atoms with van der Waals surface area (Å²) in [5.41, 5.74) is 0.581. The van der Waals surface area contributed by atoms with E-state index in [0.717, 1.165) is 0 Å². The molecule has 0 radical (unpaired) electrons. The molecule has 26 heavy (non-hydrogen) atoms. The van der Waals surface area contributed by atoms with Crippen LogP contribution >= 0.6 is 0 Å². The molecule has 0 bridgehead atoms. The minimum absolute atomic E-state index is 0.00145. The first-order valence-corrected chi connectivity index (χ1v) is 9.06. The van der Waals surface area contributed by atoms with E-state index in [9.17, 15) is 8.42 Å². The van der Waals surface area contributed by atoms with Gasteiger partial charge >= 0.3 is 0 Å². The van der Waals surface area contributed by atoms with Crippen LogP contribution in [0.25, 0.3) is 11.7 Å². The van der Waals surface area contributed by atoms with E-state index in [1.54, 1.807) is 44.3 Å². The molecule has 9 heteroatoms. The van der Waals surface area contributed by atoms with Crippen LogP contribution in [0.4, 0.5) is 11.6 Å². The largest absolute Gasteiger partial charge is 0.455 e. The number of nitriles is 1. The summed E-state index contributed by atoms with van der Waals surface area (Å²) in [6, 6.07) is 11.9. The zero-order valence-electron chi connectivity index (χ0n) is 14.3. The lowest BCUT2D eigenvalue weighted by Gasteiger charge is -2.18. The van der Waals surface area contributed by atoms with Gasteiger partial charge in [0.1, 0.15) is 16.7 Å². The minimum Gasteiger partial charge on any atom is -0.455 e. The van der Waals surface area contributed by atoms with Crippen molar-refractivity contribution in [3.63, 3.8) is 0 Å². The summed E-state index contributed by atoms with van der Waals surface area (Å²) >= 11 is 0. The Morgan fingerprint density at radius 1 is 1.23 bits per heavy atom. The Bertz CT molecular complexity index is 1080. The number of furan rings is 1. The van der Waals surface area contributed by atoms with E-state index in [-0.39, 0.29) is 33.9 Å². The fourth-order valence-electron chi connectivity index (χ4n) is 2.42. The number of nitrogens with one attached hydrogen (secondary N) is 1. The van der Waals surface area contributed by atoms with E-state index in [0.29, 0.717) is 5.69 Å². The number of para-hydroxylation sites is 1. The third-order valence-corrected chi connectivity index (χ3v) is 5.69. The number of oxazole rings is 1. The van der Waals surface area contributed by atoms with Gasteiger partial charge in [-0.3, -0.25) is 4.31 Å². The van der Waals surface area contributed by atoms with Gasteiger partial charge in [0.25, 0.3) is 15.9 Å². The van der Waals surface area contributed by atoms with Crippen molar-refractivity contribution < 1.29 is 17.3 Å². The zero-order chi connectivity index (χ0) is 18.9. The number of sulfonamides is 1. The highest BCUT2D eigenvalue weighted by Crippen LogP contribution is 2.32.